The Balaban J connectivity index is 2.09. The van der Waals surface area contributed by atoms with Crippen LogP contribution in [0.4, 0.5) is 5.69 Å². The predicted molar refractivity (Wildman–Crippen MR) is 85.6 cm³/mol. The predicted octanol–water partition coefficient (Wildman–Crippen LogP) is 3.58. The molecule has 2 N–H and O–H groups in total. The van der Waals surface area contributed by atoms with Gasteiger partial charge >= 0.3 is 0 Å². The van der Waals surface area contributed by atoms with E-state index >= 15 is 0 Å². The zero-order valence-corrected chi connectivity index (χ0v) is 12.7. The van der Waals surface area contributed by atoms with Crippen LogP contribution in [-0.4, -0.2) is 12.1 Å². The largest absolute Gasteiger partial charge is 0.399 e. The van der Waals surface area contributed by atoms with Crippen molar-refractivity contribution >= 4 is 5.69 Å². The molecule has 1 fully saturated rings. The Morgan fingerprint density at radius 3 is 2.81 bits per heavy atom. The maximum Gasteiger partial charge on any atom is 0.0966 e. The molecule has 1 aromatic rings. The fraction of sp³-hybridized carbons (Fsp3) is 0.500. The Morgan fingerprint density at radius 1 is 1.33 bits per heavy atom. The summed E-state index contributed by atoms with van der Waals surface area (Å²) in [5.41, 5.74) is 9.21. The second kappa shape index (κ2) is 5.44. The summed E-state index contributed by atoms with van der Waals surface area (Å²) in [4.78, 5) is 2.46. The first kappa shape index (κ1) is 14.0. The number of para-hydroxylation sites is 1. The van der Waals surface area contributed by atoms with Gasteiger partial charge in [-0.1, -0.05) is 25.1 Å². The Hall–Kier alpha value is -1.95. The van der Waals surface area contributed by atoms with Crippen molar-refractivity contribution in [3.63, 3.8) is 0 Å². The molecule has 1 spiro atoms. The maximum absolute atomic E-state index is 9.39. The summed E-state index contributed by atoms with van der Waals surface area (Å²) in [6, 6.07) is 12.9. The van der Waals surface area contributed by atoms with Gasteiger partial charge in [0.1, 0.15) is 0 Å². The van der Waals surface area contributed by atoms with Crippen molar-refractivity contribution < 1.29 is 0 Å². The quantitative estimate of drug-likeness (QED) is 0.856. The van der Waals surface area contributed by atoms with Crippen molar-refractivity contribution in [3.8, 4) is 6.07 Å². The molecule has 0 amide bonds. The second-order valence-electron chi connectivity index (χ2n) is 6.47. The van der Waals surface area contributed by atoms with E-state index in [-0.39, 0.29) is 5.54 Å². The van der Waals surface area contributed by atoms with Gasteiger partial charge in [0.15, 0.2) is 0 Å². The Labute approximate surface area is 127 Å². The summed E-state index contributed by atoms with van der Waals surface area (Å²) in [6.45, 7) is 3.32. The molecule has 1 aliphatic carbocycles. The van der Waals surface area contributed by atoms with Gasteiger partial charge in [-0.3, -0.25) is 0 Å². The van der Waals surface area contributed by atoms with E-state index in [9.17, 15) is 5.26 Å². The van der Waals surface area contributed by atoms with Crippen LogP contribution < -0.4 is 10.6 Å². The highest BCUT2D eigenvalue weighted by molar-refractivity contribution is 5.55. The molecule has 1 aliphatic heterocycles. The van der Waals surface area contributed by atoms with E-state index < -0.39 is 0 Å². The van der Waals surface area contributed by atoms with Gasteiger partial charge in [-0.25, -0.2) is 0 Å². The molecular formula is C18H23N3. The van der Waals surface area contributed by atoms with Crippen molar-refractivity contribution in [2.75, 3.05) is 11.4 Å². The summed E-state index contributed by atoms with van der Waals surface area (Å²) in [7, 11) is 0. The van der Waals surface area contributed by atoms with Crippen molar-refractivity contribution in [1.29, 1.82) is 5.26 Å². The summed E-state index contributed by atoms with van der Waals surface area (Å²) < 4.78 is 0. The molecule has 0 unspecified atom stereocenters. The lowest BCUT2D eigenvalue weighted by molar-refractivity contribution is 0.256. The molecule has 3 rings (SSSR count). The molecule has 1 aromatic carbocycles. The van der Waals surface area contributed by atoms with E-state index in [2.05, 4.69) is 42.2 Å². The van der Waals surface area contributed by atoms with E-state index in [1.807, 2.05) is 6.07 Å². The molecule has 0 saturated carbocycles. The fourth-order valence-corrected chi connectivity index (χ4v) is 4.05. The van der Waals surface area contributed by atoms with Gasteiger partial charge in [-0.05, 0) is 50.2 Å². The topological polar surface area (TPSA) is 53.0 Å². The van der Waals surface area contributed by atoms with Crippen LogP contribution in [-0.2, 0) is 0 Å². The normalized spacial score (nSPS) is 29.5. The number of anilines is 1. The van der Waals surface area contributed by atoms with Crippen LogP contribution in [0.25, 0.3) is 0 Å². The Bertz CT molecular complexity index is 584. The minimum atomic E-state index is -0.150. The van der Waals surface area contributed by atoms with Crippen molar-refractivity contribution in [2.24, 2.45) is 11.7 Å². The first-order valence-electron chi connectivity index (χ1n) is 7.89. The number of piperidine rings is 1. The van der Waals surface area contributed by atoms with Gasteiger partial charge < -0.3 is 10.6 Å². The molecule has 3 nitrogen and oxygen atoms in total. The van der Waals surface area contributed by atoms with Gasteiger partial charge in [-0.2, -0.15) is 5.26 Å². The number of hydrogen-bond acceptors (Lipinski definition) is 3. The van der Waals surface area contributed by atoms with Gasteiger partial charge in [0.2, 0.25) is 0 Å². The molecular weight excluding hydrogens is 258 g/mol. The number of nitrogens with zero attached hydrogens (tertiary/aromatic N) is 2. The first-order chi connectivity index (χ1) is 10.2. The van der Waals surface area contributed by atoms with Crippen LogP contribution in [0.2, 0.25) is 0 Å². The number of benzene rings is 1. The SMILES string of the molecule is C[C@@H]1CCN(c2ccccc2)[C@]2(CCCC(C#N)=C2N)C1. The van der Waals surface area contributed by atoms with Crippen molar-refractivity contribution in [1.82, 2.24) is 0 Å². The molecule has 1 saturated heterocycles. The molecule has 21 heavy (non-hydrogen) atoms. The zero-order valence-electron chi connectivity index (χ0n) is 12.7. The van der Waals surface area contributed by atoms with Gasteiger partial charge in [0.05, 0.1) is 17.2 Å². The lowest BCUT2D eigenvalue weighted by atomic mass is 9.71. The molecule has 2 atom stereocenters. The van der Waals surface area contributed by atoms with Crippen LogP contribution >= 0.6 is 0 Å². The van der Waals surface area contributed by atoms with E-state index in [1.165, 1.54) is 12.1 Å². The summed E-state index contributed by atoms with van der Waals surface area (Å²) >= 11 is 0. The van der Waals surface area contributed by atoms with Crippen LogP contribution in [0.1, 0.15) is 39.0 Å². The number of allylic oxidation sites excluding steroid dienone is 1. The monoisotopic (exact) mass is 281 g/mol. The highest BCUT2D eigenvalue weighted by Gasteiger charge is 2.45. The molecule has 0 aromatic heterocycles. The fourth-order valence-electron chi connectivity index (χ4n) is 4.05. The van der Waals surface area contributed by atoms with Crippen LogP contribution in [0, 0.1) is 17.2 Å². The van der Waals surface area contributed by atoms with Gasteiger partial charge in [0.25, 0.3) is 0 Å². The van der Waals surface area contributed by atoms with Crippen LogP contribution in [0.15, 0.2) is 41.6 Å². The average Bonchev–Trinajstić information content (AvgIpc) is 2.51. The van der Waals surface area contributed by atoms with E-state index in [0.717, 1.165) is 43.5 Å². The lowest BCUT2D eigenvalue weighted by Gasteiger charge is -2.52. The average molecular weight is 281 g/mol. The minimum absolute atomic E-state index is 0.150. The molecule has 0 radical (unpaired) electrons. The summed E-state index contributed by atoms with van der Waals surface area (Å²) in [5.74, 6) is 0.654. The van der Waals surface area contributed by atoms with E-state index in [0.29, 0.717) is 5.92 Å². The zero-order chi connectivity index (χ0) is 14.9. The highest BCUT2D eigenvalue weighted by Crippen LogP contribution is 2.45. The van der Waals surface area contributed by atoms with E-state index in [4.69, 9.17) is 5.73 Å². The standard InChI is InChI=1S/C18H23N3/c1-14-9-11-21(16-7-3-2-4-8-16)18(12-14)10-5-6-15(13-19)17(18)20/h2-4,7-8,14H,5-6,9-12,20H2,1H3/t14-,18-/m1/s1. The van der Waals surface area contributed by atoms with Crippen molar-refractivity contribution in [3.05, 3.63) is 41.6 Å². The summed E-state index contributed by atoms with van der Waals surface area (Å²) in [6.07, 6.45) is 5.19. The van der Waals surface area contributed by atoms with Gasteiger partial charge in [-0.15, -0.1) is 0 Å². The van der Waals surface area contributed by atoms with E-state index in [1.54, 1.807) is 0 Å². The minimum Gasteiger partial charge on any atom is -0.399 e. The smallest absolute Gasteiger partial charge is 0.0966 e. The third-order valence-electron chi connectivity index (χ3n) is 5.09. The number of hydrogen-bond donors (Lipinski definition) is 1. The van der Waals surface area contributed by atoms with Gasteiger partial charge in [0, 0.05) is 17.9 Å². The van der Waals surface area contributed by atoms with Crippen molar-refractivity contribution in [2.45, 2.75) is 44.6 Å². The molecule has 2 aliphatic rings. The van der Waals surface area contributed by atoms with Crippen LogP contribution in [0.5, 0.6) is 0 Å². The number of rotatable bonds is 1. The maximum atomic E-state index is 9.39. The molecule has 110 valence electrons. The Kier molecular flexibility index (Phi) is 3.63. The molecule has 0 bridgehead atoms. The number of nitrogens with two attached hydrogens (primary N) is 1. The molecule has 3 heteroatoms. The number of nitriles is 1. The second-order valence-corrected chi connectivity index (χ2v) is 6.47. The summed E-state index contributed by atoms with van der Waals surface area (Å²) in [5, 5.41) is 9.39. The van der Waals surface area contributed by atoms with Crippen LogP contribution in [0.3, 0.4) is 0 Å². The molecule has 1 heterocycles. The third-order valence-corrected chi connectivity index (χ3v) is 5.09. The Morgan fingerprint density at radius 2 is 2.10 bits per heavy atom. The third kappa shape index (κ3) is 2.29. The highest BCUT2D eigenvalue weighted by atomic mass is 15.2. The first-order valence-corrected chi connectivity index (χ1v) is 7.89. The lowest BCUT2D eigenvalue weighted by Crippen LogP contribution is -2.58.